The van der Waals surface area contributed by atoms with Crippen molar-refractivity contribution in [3.63, 3.8) is 0 Å². The molecule has 3 nitrogen and oxygen atoms in total. The molecule has 0 bridgehead atoms. The van der Waals surface area contributed by atoms with Gasteiger partial charge in [0.15, 0.2) is 0 Å². The van der Waals surface area contributed by atoms with Gasteiger partial charge in [-0.1, -0.05) is 28.1 Å². The van der Waals surface area contributed by atoms with E-state index in [1.165, 1.54) is 0 Å². The number of aryl methyl sites for hydroxylation is 1. The lowest BCUT2D eigenvalue weighted by Crippen LogP contribution is -2.31. The largest absolute Gasteiger partial charge is 0.465 e. The first-order chi connectivity index (χ1) is 8.61. The Balaban J connectivity index is 2.20. The molecular formula is C14H18BrNO2. The lowest BCUT2D eigenvalue weighted by atomic mass is 10.1. The predicted octanol–water partition coefficient (Wildman–Crippen LogP) is 3.11. The van der Waals surface area contributed by atoms with E-state index in [4.69, 9.17) is 4.74 Å². The first-order valence-electron chi connectivity index (χ1n) is 6.30. The summed E-state index contributed by atoms with van der Waals surface area (Å²) < 4.78 is 6.16. The first-order valence-corrected chi connectivity index (χ1v) is 7.10. The monoisotopic (exact) mass is 311 g/mol. The van der Waals surface area contributed by atoms with Crippen molar-refractivity contribution in [1.82, 2.24) is 5.32 Å². The molecule has 0 aromatic heterocycles. The van der Waals surface area contributed by atoms with Gasteiger partial charge in [0.05, 0.1) is 6.61 Å². The van der Waals surface area contributed by atoms with Gasteiger partial charge in [-0.3, -0.25) is 5.32 Å². The van der Waals surface area contributed by atoms with E-state index in [0.717, 1.165) is 28.4 Å². The molecule has 1 aliphatic carbocycles. The van der Waals surface area contributed by atoms with Crippen LogP contribution in [0.5, 0.6) is 0 Å². The maximum Gasteiger partial charge on any atom is 0.327 e. The van der Waals surface area contributed by atoms with Gasteiger partial charge in [0, 0.05) is 10.5 Å². The molecule has 0 saturated heterocycles. The van der Waals surface area contributed by atoms with E-state index < -0.39 is 0 Å². The number of hydrogen-bond donors (Lipinski definition) is 1. The maximum absolute atomic E-state index is 12.0. The number of rotatable bonds is 5. The van der Waals surface area contributed by atoms with Gasteiger partial charge in [-0.2, -0.15) is 0 Å². The SMILES string of the molecule is CCOC(=O)C(NC1CC1)c1ccc(C)c(Br)c1. The zero-order valence-electron chi connectivity index (χ0n) is 10.7. The van der Waals surface area contributed by atoms with Crippen molar-refractivity contribution in [2.45, 2.75) is 38.8 Å². The summed E-state index contributed by atoms with van der Waals surface area (Å²) in [5.41, 5.74) is 2.12. The van der Waals surface area contributed by atoms with Gasteiger partial charge in [-0.05, 0) is 43.9 Å². The average Bonchev–Trinajstić information content (AvgIpc) is 3.14. The number of ether oxygens (including phenoxy) is 1. The normalized spacial score (nSPS) is 16.4. The fraction of sp³-hybridized carbons (Fsp3) is 0.500. The van der Waals surface area contributed by atoms with Crippen LogP contribution in [0.2, 0.25) is 0 Å². The van der Waals surface area contributed by atoms with Gasteiger partial charge in [-0.15, -0.1) is 0 Å². The van der Waals surface area contributed by atoms with Gasteiger partial charge < -0.3 is 4.74 Å². The second-order valence-electron chi connectivity index (χ2n) is 4.63. The number of benzene rings is 1. The molecule has 0 aliphatic heterocycles. The van der Waals surface area contributed by atoms with Gasteiger partial charge in [0.25, 0.3) is 0 Å². The van der Waals surface area contributed by atoms with Crippen LogP contribution >= 0.6 is 15.9 Å². The molecule has 0 amide bonds. The highest BCUT2D eigenvalue weighted by Crippen LogP contribution is 2.27. The lowest BCUT2D eigenvalue weighted by Gasteiger charge is -2.18. The average molecular weight is 312 g/mol. The third kappa shape index (κ3) is 3.33. The van der Waals surface area contributed by atoms with E-state index in [2.05, 4.69) is 21.2 Å². The minimum atomic E-state index is -0.352. The fourth-order valence-corrected chi connectivity index (χ4v) is 2.20. The first kappa shape index (κ1) is 13.6. The molecule has 1 atom stereocenters. The van der Waals surface area contributed by atoms with Gasteiger partial charge in [-0.25, -0.2) is 4.79 Å². The molecule has 1 aromatic rings. The predicted molar refractivity (Wildman–Crippen MR) is 74.4 cm³/mol. The molecule has 2 rings (SSSR count). The molecule has 1 unspecified atom stereocenters. The zero-order chi connectivity index (χ0) is 13.1. The van der Waals surface area contributed by atoms with Crippen LogP contribution in [0.4, 0.5) is 0 Å². The molecule has 4 heteroatoms. The number of carbonyl (C=O) groups excluding carboxylic acids is 1. The molecule has 98 valence electrons. The van der Waals surface area contributed by atoms with Crippen molar-refractivity contribution in [3.05, 3.63) is 33.8 Å². The third-order valence-electron chi connectivity index (χ3n) is 3.03. The third-order valence-corrected chi connectivity index (χ3v) is 3.89. The van der Waals surface area contributed by atoms with Gasteiger partial charge in [0.1, 0.15) is 6.04 Å². The summed E-state index contributed by atoms with van der Waals surface area (Å²) >= 11 is 3.50. The van der Waals surface area contributed by atoms with Crippen molar-refractivity contribution >= 4 is 21.9 Å². The molecule has 1 aliphatic rings. The molecule has 1 aromatic carbocycles. The Morgan fingerprint density at radius 1 is 1.56 bits per heavy atom. The second kappa shape index (κ2) is 5.85. The van der Waals surface area contributed by atoms with Gasteiger partial charge >= 0.3 is 5.97 Å². The fourth-order valence-electron chi connectivity index (χ4n) is 1.80. The van der Waals surface area contributed by atoms with Crippen molar-refractivity contribution in [2.24, 2.45) is 0 Å². The van der Waals surface area contributed by atoms with Crippen molar-refractivity contribution in [3.8, 4) is 0 Å². The summed E-state index contributed by atoms with van der Waals surface area (Å²) in [7, 11) is 0. The Hall–Kier alpha value is -0.870. The maximum atomic E-state index is 12.0. The van der Waals surface area contributed by atoms with Crippen molar-refractivity contribution < 1.29 is 9.53 Å². The zero-order valence-corrected chi connectivity index (χ0v) is 12.3. The summed E-state index contributed by atoms with van der Waals surface area (Å²) in [6, 6.07) is 6.10. The number of halogens is 1. The molecule has 0 heterocycles. The standard InChI is InChI=1S/C14H18BrNO2/c1-3-18-14(17)13(16-11-6-7-11)10-5-4-9(2)12(15)8-10/h4-5,8,11,13,16H,3,6-7H2,1-2H3. The topological polar surface area (TPSA) is 38.3 Å². The van der Waals surface area contributed by atoms with Crippen LogP contribution in [0.1, 0.15) is 36.9 Å². The highest BCUT2D eigenvalue weighted by molar-refractivity contribution is 9.10. The summed E-state index contributed by atoms with van der Waals surface area (Å²) in [6.45, 7) is 4.27. The van der Waals surface area contributed by atoms with Crippen LogP contribution in [0.3, 0.4) is 0 Å². The Bertz CT molecular complexity index is 443. The summed E-state index contributed by atoms with van der Waals surface area (Å²) in [5, 5.41) is 3.34. The second-order valence-corrected chi connectivity index (χ2v) is 5.49. The lowest BCUT2D eigenvalue weighted by molar-refractivity contribution is -0.145. The van der Waals surface area contributed by atoms with Crippen LogP contribution in [0, 0.1) is 6.92 Å². The smallest absolute Gasteiger partial charge is 0.327 e. The number of hydrogen-bond acceptors (Lipinski definition) is 3. The van der Waals surface area contributed by atoms with E-state index in [1.807, 2.05) is 32.0 Å². The highest BCUT2D eigenvalue weighted by atomic mass is 79.9. The summed E-state index contributed by atoms with van der Waals surface area (Å²) in [6.07, 6.45) is 2.28. The minimum absolute atomic E-state index is 0.194. The number of carbonyl (C=O) groups is 1. The highest BCUT2D eigenvalue weighted by Gasteiger charge is 2.30. The van der Waals surface area contributed by atoms with E-state index in [1.54, 1.807) is 0 Å². The van der Waals surface area contributed by atoms with Crippen molar-refractivity contribution in [2.75, 3.05) is 6.61 Å². The number of esters is 1. The summed E-state index contributed by atoms with van der Waals surface area (Å²) in [5.74, 6) is -0.194. The molecule has 1 saturated carbocycles. The van der Waals surface area contributed by atoms with Crippen molar-refractivity contribution in [1.29, 1.82) is 0 Å². The Labute approximate surface area is 116 Å². The van der Waals surface area contributed by atoms with Crippen LogP contribution in [-0.4, -0.2) is 18.6 Å². The van der Waals surface area contributed by atoms with E-state index in [0.29, 0.717) is 12.6 Å². The van der Waals surface area contributed by atoms with E-state index in [-0.39, 0.29) is 12.0 Å². The minimum Gasteiger partial charge on any atom is -0.465 e. The number of nitrogens with one attached hydrogen (secondary N) is 1. The molecule has 0 radical (unpaired) electrons. The Morgan fingerprint density at radius 2 is 2.28 bits per heavy atom. The molecule has 18 heavy (non-hydrogen) atoms. The quantitative estimate of drug-likeness (QED) is 0.849. The van der Waals surface area contributed by atoms with Crippen LogP contribution in [0.25, 0.3) is 0 Å². The van der Waals surface area contributed by atoms with Crippen LogP contribution < -0.4 is 5.32 Å². The Morgan fingerprint density at radius 3 is 2.83 bits per heavy atom. The molecular weight excluding hydrogens is 294 g/mol. The Kier molecular flexibility index (Phi) is 4.40. The molecule has 0 spiro atoms. The van der Waals surface area contributed by atoms with Crippen LogP contribution in [-0.2, 0) is 9.53 Å². The van der Waals surface area contributed by atoms with E-state index >= 15 is 0 Å². The van der Waals surface area contributed by atoms with Crippen LogP contribution in [0.15, 0.2) is 22.7 Å². The van der Waals surface area contributed by atoms with Gasteiger partial charge in [0.2, 0.25) is 0 Å². The molecule has 1 N–H and O–H groups in total. The summed E-state index contributed by atoms with van der Waals surface area (Å²) in [4.78, 5) is 12.0. The van der Waals surface area contributed by atoms with E-state index in [9.17, 15) is 4.79 Å². The molecule has 1 fully saturated rings.